The number of sulfone groups is 1. The van der Waals surface area contributed by atoms with Crippen molar-refractivity contribution in [2.24, 2.45) is 0 Å². The van der Waals surface area contributed by atoms with E-state index in [0.29, 0.717) is 16.3 Å². The zero-order chi connectivity index (χ0) is 25.8. The van der Waals surface area contributed by atoms with Crippen LogP contribution in [0.4, 0.5) is 5.88 Å². The molecule has 0 radical (unpaired) electrons. The zero-order valence-corrected chi connectivity index (χ0v) is 21.5. The van der Waals surface area contributed by atoms with E-state index >= 15 is 0 Å². The minimum Gasteiger partial charge on any atom is -0.457 e. The molecular formula is C29H23ClN2O4S. The number of rotatable bonds is 8. The third kappa shape index (κ3) is 5.53. The fourth-order valence-electron chi connectivity index (χ4n) is 3.70. The third-order valence-corrected chi connectivity index (χ3v) is 7.62. The Morgan fingerprint density at radius 3 is 2.32 bits per heavy atom. The van der Waals surface area contributed by atoms with Crippen molar-refractivity contribution in [3.63, 3.8) is 0 Å². The van der Waals surface area contributed by atoms with Crippen LogP contribution in [0.2, 0.25) is 5.02 Å². The highest BCUT2D eigenvalue weighted by atomic mass is 35.5. The van der Waals surface area contributed by atoms with Gasteiger partial charge in [-0.15, -0.1) is 0 Å². The maximum Gasteiger partial charge on any atom is 0.234 e. The van der Waals surface area contributed by atoms with E-state index in [1.807, 2.05) is 61.5 Å². The summed E-state index contributed by atoms with van der Waals surface area (Å²) in [5.74, 6) is 1.52. The molecule has 0 aliphatic carbocycles. The Balaban J connectivity index is 1.47. The predicted octanol–water partition coefficient (Wildman–Crippen LogP) is 7.54. The molecular weight excluding hydrogens is 508 g/mol. The summed E-state index contributed by atoms with van der Waals surface area (Å²) >= 11 is 6.34. The van der Waals surface area contributed by atoms with Crippen molar-refractivity contribution in [2.75, 3.05) is 5.32 Å². The van der Waals surface area contributed by atoms with Gasteiger partial charge in [-0.3, -0.25) is 0 Å². The summed E-state index contributed by atoms with van der Waals surface area (Å²) in [7, 11) is -3.97. The smallest absolute Gasteiger partial charge is 0.234 e. The van der Waals surface area contributed by atoms with Gasteiger partial charge in [0.1, 0.15) is 11.5 Å². The van der Waals surface area contributed by atoms with Crippen molar-refractivity contribution in [1.29, 1.82) is 0 Å². The lowest BCUT2D eigenvalue weighted by Crippen LogP contribution is -2.07. The van der Waals surface area contributed by atoms with Crippen LogP contribution in [0.5, 0.6) is 11.5 Å². The van der Waals surface area contributed by atoms with E-state index in [9.17, 15) is 8.42 Å². The first-order chi connectivity index (χ1) is 17.9. The number of ether oxygens (including phenoxy) is 1. The van der Waals surface area contributed by atoms with Gasteiger partial charge in [-0.2, -0.15) is 4.98 Å². The molecule has 0 fully saturated rings. The summed E-state index contributed by atoms with van der Waals surface area (Å²) in [5.41, 5.74) is 2.31. The van der Waals surface area contributed by atoms with E-state index < -0.39 is 9.84 Å². The summed E-state index contributed by atoms with van der Waals surface area (Å²) in [6.45, 7) is 2.17. The molecule has 6 nitrogen and oxygen atoms in total. The van der Waals surface area contributed by atoms with Crippen LogP contribution in [-0.2, 0) is 16.4 Å². The summed E-state index contributed by atoms with van der Waals surface area (Å²) in [4.78, 5) is 4.49. The maximum absolute atomic E-state index is 13.5. The van der Waals surface area contributed by atoms with Gasteiger partial charge in [-0.1, -0.05) is 71.8 Å². The molecule has 0 saturated carbocycles. The van der Waals surface area contributed by atoms with Crippen molar-refractivity contribution in [3.8, 4) is 23.0 Å². The Labute approximate surface area is 220 Å². The molecule has 5 aromatic rings. The quantitative estimate of drug-likeness (QED) is 0.223. The average Bonchev–Trinajstić information content (AvgIpc) is 3.34. The number of hydrogen-bond acceptors (Lipinski definition) is 6. The number of oxazole rings is 1. The average molecular weight is 531 g/mol. The van der Waals surface area contributed by atoms with Crippen molar-refractivity contribution >= 4 is 27.3 Å². The van der Waals surface area contributed by atoms with Gasteiger partial charge in [0.2, 0.25) is 26.6 Å². The molecule has 1 heterocycles. The number of hydrogen-bond donors (Lipinski definition) is 1. The van der Waals surface area contributed by atoms with Gasteiger partial charge in [-0.25, -0.2) is 8.42 Å². The van der Waals surface area contributed by atoms with Gasteiger partial charge in [0.25, 0.3) is 0 Å². The largest absolute Gasteiger partial charge is 0.457 e. The highest BCUT2D eigenvalue weighted by molar-refractivity contribution is 7.91. The van der Waals surface area contributed by atoms with E-state index in [-0.39, 0.29) is 28.2 Å². The molecule has 0 atom stereocenters. The number of anilines is 1. The van der Waals surface area contributed by atoms with Crippen molar-refractivity contribution in [2.45, 2.75) is 23.4 Å². The maximum atomic E-state index is 13.5. The van der Waals surface area contributed by atoms with Crippen LogP contribution in [0.1, 0.15) is 11.1 Å². The van der Waals surface area contributed by atoms with E-state index in [4.69, 9.17) is 20.8 Å². The Morgan fingerprint density at radius 2 is 1.57 bits per heavy atom. The Morgan fingerprint density at radius 1 is 0.865 bits per heavy atom. The topological polar surface area (TPSA) is 81.4 Å². The molecule has 8 heteroatoms. The van der Waals surface area contributed by atoms with E-state index in [2.05, 4.69) is 10.3 Å². The van der Waals surface area contributed by atoms with Gasteiger partial charge in [0.15, 0.2) is 0 Å². The first-order valence-electron chi connectivity index (χ1n) is 11.5. The van der Waals surface area contributed by atoms with Crippen LogP contribution in [0, 0.1) is 6.92 Å². The first-order valence-corrected chi connectivity index (χ1v) is 13.4. The van der Waals surface area contributed by atoms with Crippen LogP contribution >= 0.6 is 11.6 Å². The molecule has 0 aliphatic rings. The zero-order valence-electron chi connectivity index (χ0n) is 19.9. The Hall–Kier alpha value is -4.07. The third-order valence-electron chi connectivity index (χ3n) is 5.62. The van der Waals surface area contributed by atoms with E-state index in [1.165, 1.54) is 0 Å². The fraction of sp³-hybridized carbons (Fsp3) is 0.0690. The molecule has 37 heavy (non-hydrogen) atoms. The van der Waals surface area contributed by atoms with Crippen molar-refractivity contribution < 1.29 is 17.6 Å². The molecule has 4 aromatic carbocycles. The second kappa shape index (κ2) is 10.5. The fourth-order valence-corrected chi connectivity index (χ4v) is 5.20. The lowest BCUT2D eigenvalue weighted by molar-refractivity contribution is 0.482. The normalized spacial score (nSPS) is 11.3. The predicted molar refractivity (Wildman–Crippen MR) is 144 cm³/mol. The molecule has 186 valence electrons. The van der Waals surface area contributed by atoms with E-state index in [0.717, 1.165) is 16.9 Å². The molecule has 0 saturated heterocycles. The lowest BCUT2D eigenvalue weighted by Gasteiger charge is -2.09. The van der Waals surface area contributed by atoms with Crippen LogP contribution < -0.4 is 10.1 Å². The highest BCUT2D eigenvalue weighted by Crippen LogP contribution is 2.35. The molecule has 0 unspecified atom stereocenters. The molecule has 1 N–H and O–H groups in total. The highest BCUT2D eigenvalue weighted by Gasteiger charge is 2.29. The number of benzene rings is 4. The summed E-state index contributed by atoms with van der Waals surface area (Å²) in [6, 6.07) is 30.6. The second-order valence-electron chi connectivity index (χ2n) is 8.37. The van der Waals surface area contributed by atoms with Crippen molar-refractivity contribution in [3.05, 3.63) is 119 Å². The summed E-state index contributed by atoms with van der Waals surface area (Å²) in [6.07, 6.45) is 0. The minimum absolute atomic E-state index is 0.0323. The number of aromatic nitrogens is 1. The van der Waals surface area contributed by atoms with Crippen LogP contribution in [0.25, 0.3) is 11.5 Å². The molecule has 5 rings (SSSR count). The SMILES string of the molecule is Cc1ccc(S(=O)(=O)c2nc(-c3ccccc3Cl)oc2NCc2cccc(Oc3ccccc3)c2)cc1. The van der Waals surface area contributed by atoms with Gasteiger partial charge in [0, 0.05) is 6.54 Å². The van der Waals surface area contributed by atoms with Gasteiger partial charge < -0.3 is 14.5 Å². The van der Waals surface area contributed by atoms with Crippen LogP contribution in [0.3, 0.4) is 0 Å². The number of halogens is 1. The number of nitrogens with one attached hydrogen (secondary N) is 1. The summed E-state index contributed by atoms with van der Waals surface area (Å²) < 4.78 is 39.0. The monoisotopic (exact) mass is 530 g/mol. The van der Waals surface area contributed by atoms with Crippen LogP contribution in [-0.4, -0.2) is 13.4 Å². The molecule has 0 aliphatic heterocycles. The standard InChI is InChI=1S/C29H23ClN2O4S/c1-20-14-16-24(17-15-20)37(33,34)29-28(36-27(32-29)25-12-5-6-13-26(25)30)31-19-21-8-7-11-23(18-21)35-22-9-3-2-4-10-22/h2-18,31H,19H2,1H3. The molecule has 0 bridgehead atoms. The van der Waals surface area contributed by atoms with Crippen LogP contribution in [0.15, 0.2) is 117 Å². The van der Waals surface area contributed by atoms with Gasteiger partial charge in [-0.05, 0) is 61.0 Å². The molecule has 0 spiro atoms. The number of para-hydroxylation sites is 1. The Kier molecular flexibility index (Phi) is 6.99. The summed E-state index contributed by atoms with van der Waals surface area (Å²) in [5, 5.41) is 3.31. The minimum atomic E-state index is -3.97. The van der Waals surface area contributed by atoms with Crippen molar-refractivity contribution in [1.82, 2.24) is 4.98 Å². The Bertz CT molecular complexity index is 1630. The van der Waals surface area contributed by atoms with Gasteiger partial charge in [0.05, 0.1) is 15.5 Å². The second-order valence-corrected chi connectivity index (χ2v) is 10.6. The van der Waals surface area contributed by atoms with E-state index in [1.54, 1.807) is 48.5 Å². The number of aryl methyl sites for hydroxylation is 1. The molecule has 1 aromatic heterocycles. The lowest BCUT2D eigenvalue weighted by atomic mass is 10.2. The van der Waals surface area contributed by atoms with Gasteiger partial charge >= 0.3 is 0 Å². The number of nitrogens with zero attached hydrogens (tertiary/aromatic N) is 1. The first kappa shape index (κ1) is 24.6. The molecule has 0 amide bonds.